The minimum Gasteiger partial charge on any atom is -0.436 e. The van der Waals surface area contributed by atoms with Crippen molar-refractivity contribution in [1.82, 2.24) is 9.97 Å². The van der Waals surface area contributed by atoms with Crippen LogP contribution in [0.4, 0.5) is 0 Å². The number of ether oxygens (including phenoxy) is 2. The van der Waals surface area contributed by atoms with Gasteiger partial charge in [0, 0.05) is 17.2 Å². The lowest BCUT2D eigenvalue weighted by Crippen LogP contribution is -2.10. The highest BCUT2D eigenvalue weighted by Crippen LogP contribution is 2.28. The number of nitrogens with zero attached hydrogens (tertiary/aromatic N) is 2. The summed E-state index contributed by atoms with van der Waals surface area (Å²) in [4.78, 5) is 35.0. The van der Waals surface area contributed by atoms with Crippen molar-refractivity contribution < 1.29 is 27.9 Å². The summed E-state index contributed by atoms with van der Waals surface area (Å²) in [5, 5.41) is 0. The molecule has 2 heterocycles. The number of oxazole rings is 2. The van der Waals surface area contributed by atoms with E-state index in [1.54, 1.807) is 54.6 Å². The van der Waals surface area contributed by atoms with Crippen LogP contribution in [0, 0.1) is 13.8 Å². The van der Waals surface area contributed by atoms with Gasteiger partial charge in [-0.3, -0.25) is 0 Å². The van der Waals surface area contributed by atoms with Crippen molar-refractivity contribution in [2.75, 3.05) is 0 Å². The zero-order chi connectivity index (χ0) is 30.2. The summed E-state index contributed by atoms with van der Waals surface area (Å²) in [5.74, 6) is 0.197. The van der Waals surface area contributed by atoms with Crippen LogP contribution in [-0.2, 0) is 0 Å². The van der Waals surface area contributed by atoms with Gasteiger partial charge in [0.05, 0.1) is 11.1 Å². The maximum absolute atomic E-state index is 13.0. The normalized spacial score (nSPS) is 11.1. The van der Waals surface area contributed by atoms with Crippen molar-refractivity contribution in [3.63, 3.8) is 0 Å². The molecule has 7 rings (SSSR count). The molecule has 214 valence electrons. The molecule has 0 spiro atoms. The molecule has 8 heteroatoms. The number of hydrogen-bond donors (Lipinski definition) is 0. The van der Waals surface area contributed by atoms with Gasteiger partial charge in [0.25, 0.3) is 0 Å². The molecule has 5 aromatic carbocycles. The predicted octanol–water partition coefficient (Wildman–Crippen LogP) is 8.36. The Labute approximate surface area is 251 Å². The van der Waals surface area contributed by atoms with E-state index in [4.69, 9.17) is 18.3 Å². The highest BCUT2D eigenvalue weighted by Gasteiger charge is 2.16. The van der Waals surface area contributed by atoms with E-state index in [1.165, 1.54) is 6.07 Å². The quantitative estimate of drug-likeness (QED) is 0.143. The van der Waals surface area contributed by atoms with E-state index in [0.717, 1.165) is 22.3 Å². The van der Waals surface area contributed by atoms with Crippen molar-refractivity contribution >= 4 is 34.1 Å². The first-order valence-electron chi connectivity index (χ1n) is 13.9. The van der Waals surface area contributed by atoms with E-state index in [-0.39, 0.29) is 11.5 Å². The van der Waals surface area contributed by atoms with Gasteiger partial charge in [0.2, 0.25) is 11.8 Å². The molecule has 0 bridgehead atoms. The minimum absolute atomic E-state index is 0.218. The van der Waals surface area contributed by atoms with E-state index < -0.39 is 11.9 Å². The van der Waals surface area contributed by atoms with Crippen LogP contribution in [0.3, 0.4) is 0 Å². The molecule has 0 aliphatic heterocycles. The number of esters is 2. The van der Waals surface area contributed by atoms with Crippen molar-refractivity contribution in [2.24, 2.45) is 0 Å². The lowest BCUT2D eigenvalue weighted by atomic mass is 10.1. The fourth-order valence-electron chi connectivity index (χ4n) is 4.68. The summed E-state index contributed by atoms with van der Waals surface area (Å²) in [6.07, 6.45) is 0. The molecule has 0 saturated heterocycles. The average molecular weight is 581 g/mol. The largest absolute Gasteiger partial charge is 0.436 e. The Morgan fingerprint density at radius 1 is 0.545 bits per heavy atom. The Morgan fingerprint density at radius 2 is 0.977 bits per heavy atom. The fraction of sp³-hybridized carbons (Fsp3) is 0.0556. The highest BCUT2D eigenvalue weighted by atomic mass is 16.5. The molecule has 0 radical (unpaired) electrons. The van der Waals surface area contributed by atoms with Crippen LogP contribution in [0.1, 0.15) is 31.8 Å². The number of carbonyl (C=O) groups is 2. The van der Waals surface area contributed by atoms with Crippen LogP contribution in [0.5, 0.6) is 11.5 Å². The summed E-state index contributed by atoms with van der Waals surface area (Å²) >= 11 is 0. The highest BCUT2D eigenvalue weighted by molar-refractivity contribution is 5.96. The van der Waals surface area contributed by atoms with Crippen LogP contribution in [0.25, 0.3) is 45.1 Å². The lowest BCUT2D eigenvalue weighted by Gasteiger charge is -2.08. The van der Waals surface area contributed by atoms with E-state index in [2.05, 4.69) is 9.97 Å². The van der Waals surface area contributed by atoms with Crippen LogP contribution in [0.2, 0.25) is 0 Å². The van der Waals surface area contributed by atoms with Crippen LogP contribution < -0.4 is 9.47 Å². The Hall–Kier alpha value is -6.02. The summed E-state index contributed by atoms with van der Waals surface area (Å²) in [6.45, 7) is 4.02. The third-order valence-corrected chi connectivity index (χ3v) is 7.07. The first-order chi connectivity index (χ1) is 21.4. The Morgan fingerprint density at radius 3 is 1.41 bits per heavy atom. The smallest absolute Gasteiger partial charge is 0.343 e. The molecular formula is C36H24N2O6. The summed E-state index contributed by atoms with van der Waals surface area (Å²) in [5.41, 5.74) is 6.74. The van der Waals surface area contributed by atoms with Crippen molar-refractivity contribution in [3.05, 3.63) is 131 Å². The zero-order valence-electron chi connectivity index (χ0n) is 23.7. The predicted molar refractivity (Wildman–Crippen MR) is 165 cm³/mol. The van der Waals surface area contributed by atoms with Gasteiger partial charge in [-0.15, -0.1) is 0 Å². The molecule has 0 saturated carbocycles. The molecule has 8 nitrogen and oxygen atoms in total. The Kier molecular flexibility index (Phi) is 6.71. The molecule has 0 amide bonds. The van der Waals surface area contributed by atoms with E-state index in [9.17, 15) is 9.59 Å². The Bertz CT molecular complexity index is 2020. The van der Waals surface area contributed by atoms with E-state index in [1.807, 2.05) is 62.4 Å². The number of benzene rings is 5. The molecule has 0 fully saturated rings. The van der Waals surface area contributed by atoms with Crippen LogP contribution >= 0.6 is 0 Å². The molecule has 7 aromatic rings. The summed E-state index contributed by atoms with van der Waals surface area (Å²) in [6, 6.07) is 31.8. The van der Waals surface area contributed by atoms with Gasteiger partial charge in [0.1, 0.15) is 22.5 Å². The van der Waals surface area contributed by atoms with Crippen LogP contribution in [-0.4, -0.2) is 21.9 Å². The molecule has 0 aliphatic carbocycles. The monoisotopic (exact) mass is 580 g/mol. The van der Waals surface area contributed by atoms with E-state index >= 15 is 0 Å². The number of rotatable bonds is 6. The number of hydrogen-bond acceptors (Lipinski definition) is 8. The second-order valence-corrected chi connectivity index (χ2v) is 10.4. The number of carbonyl (C=O) groups excluding carboxylic acids is 2. The van der Waals surface area contributed by atoms with Crippen molar-refractivity contribution in [2.45, 2.75) is 13.8 Å². The molecule has 0 aliphatic rings. The Balaban J connectivity index is 1.05. The summed E-state index contributed by atoms with van der Waals surface area (Å²) < 4.78 is 22.9. The molecule has 2 aromatic heterocycles. The maximum Gasteiger partial charge on any atom is 0.343 e. The second kappa shape index (κ2) is 11.0. The van der Waals surface area contributed by atoms with Gasteiger partial charge < -0.3 is 18.3 Å². The number of aromatic nitrogens is 2. The first kappa shape index (κ1) is 26.9. The minimum atomic E-state index is -0.587. The maximum atomic E-state index is 13.0. The lowest BCUT2D eigenvalue weighted by molar-refractivity contribution is 0.0733. The van der Waals surface area contributed by atoms with Gasteiger partial charge in [-0.05, 0) is 86.6 Å². The molecule has 0 unspecified atom stereocenters. The van der Waals surface area contributed by atoms with Crippen molar-refractivity contribution in [3.8, 4) is 34.4 Å². The van der Waals surface area contributed by atoms with E-state index in [0.29, 0.717) is 45.1 Å². The number of aryl methyl sites for hydroxylation is 2. The fourth-order valence-corrected chi connectivity index (χ4v) is 4.68. The van der Waals surface area contributed by atoms with Gasteiger partial charge >= 0.3 is 11.9 Å². The zero-order valence-corrected chi connectivity index (χ0v) is 23.7. The topological polar surface area (TPSA) is 105 Å². The molecule has 44 heavy (non-hydrogen) atoms. The first-order valence-corrected chi connectivity index (χ1v) is 13.9. The van der Waals surface area contributed by atoms with Crippen LogP contribution in [0.15, 0.2) is 118 Å². The molecule has 0 N–H and O–H groups in total. The standard InChI is InChI=1S/C36H24N2O6/c1-21-6-10-23(11-7-21)33-37-29-18-25(14-16-31(29)43-33)35(39)41-27-4-3-5-28(20-27)42-36(40)26-15-17-32-30(19-26)38-34(44-32)24-12-8-22(2)9-13-24/h3-20H,1-2H3. The third kappa shape index (κ3) is 5.44. The van der Waals surface area contributed by atoms with Gasteiger partial charge in [0.15, 0.2) is 11.2 Å². The SMILES string of the molecule is Cc1ccc(-c2nc3cc(C(=O)Oc4cccc(OC(=O)c5ccc6oc(-c7ccc(C)cc7)nc6c5)c4)ccc3o2)cc1. The third-order valence-electron chi connectivity index (χ3n) is 7.07. The second-order valence-electron chi connectivity index (χ2n) is 10.4. The molecule has 0 atom stereocenters. The number of fused-ring (bicyclic) bond motifs is 2. The van der Waals surface area contributed by atoms with Gasteiger partial charge in [-0.25, -0.2) is 19.6 Å². The van der Waals surface area contributed by atoms with Crippen molar-refractivity contribution in [1.29, 1.82) is 0 Å². The van der Waals surface area contributed by atoms with Gasteiger partial charge in [-0.2, -0.15) is 0 Å². The molecular weight excluding hydrogens is 556 g/mol. The van der Waals surface area contributed by atoms with Gasteiger partial charge in [-0.1, -0.05) is 41.5 Å². The summed E-state index contributed by atoms with van der Waals surface area (Å²) in [7, 11) is 0. The average Bonchev–Trinajstić information content (AvgIpc) is 3.66.